The van der Waals surface area contributed by atoms with Gasteiger partial charge in [0.25, 0.3) is 0 Å². The van der Waals surface area contributed by atoms with Crippen LogP contribution in [0.15, 0.2) is 146 Å². The number of benzene rings is 6. The van der Waals surface area contributed by atoms with Crippen molar-refractivity contribution in [2.24, 2.45) is 0 Å². The minimum Gasteiger partial charge on any atom is -0.458 e. The molecule has 12 rings (SSSR count). The van der Waals surface area contributed by atoms with Crippen LogP contribution in [-0.4, -0.2) is 83.6 Å². The maximum atomic E-state index is 14.5. The topological polar surface area (TPSA) is 154 Å². The summed E-state index contributed by atoms with van der Waals surface area (Å²) in [4.78, 5) is 35.3. The van der Waals surface area contributed by atoms with Crippen molar-refractivity contribution in [2.45, 2.75) is 194 Å². The fourth-order valence-electron chi connectivity index (χ4n) is 13.5. The van der Waals surface area contributed by atoms with Crippen molar-refractivity contribution in [2.75, 3.05) is 0 Å². The van der Waals surface area contributed by atoms with Crippen LogP contribution in [-0.2, 0) is 28.6 Å². The summed E-state index contributed by atoms with van der Waals surface area (Å²) in [7, 11) is 0. The molecule has 0 radical (unpaired) electrons. The van der Waals surface area contributed by atoms with Crippen molar-refractivity contribution in [1.29, 1.82) is 0 Å². The van der Waals surface area contributed by atoms with Gasteiger partial charge >= 0.3 is 17.9 Å². The third-order valence-electron chi connectivity index (χ3n) is 18.1. The van der Waals surface area contributed by atoms with E-state index in [1.165, 1.54) is 35.4 Å². The van der Waals surface area contributed by atoms with Crippen molar-refractivity contribution < 1.29 is 57.1 Å². The number of aliphatic hydroxyl groups is 3. The van der Waals surface area contributed by atoms with E-state index in [2.05, 4.69) is 131 Å². The van der Waals surface area contributed by atoms with E-state index in [9.17, 15) is 42.9 Å². The first kappa shape index (κ1) is 70.1. The zero-order valence-electron chi connectivity index (χ0n) is 57.0. The number of halogens is 3. The largest absolute Gasteiger partial charge is 0.458 e. The molecule has 12 nitrogen and oxygen atoms in total. The normalized spacial score (nSPS) is 19.4. The smallest absolute Gasteiger partial charge is 0.309 e. The molecule has 3 aliphatic rings. The number of rotatable bonds is 15. The second-order valence-corrected chi connectivity index (χ2v) is 27.4. The Bertz CT molecular complexity index is 4330. The van der Waals surface area contributed by atoms with Crippen LogP contribution in [0.4, 0.5) is 13.2 Å². The number of para-hydroxylation sites is 1. The Morgan fingerprint density at radius 2 is 0.781 bits per heavy atom. The van der Waals surface area contributed by atoms with E-state index in [-0.39, 0.29) is 78.7 Å². The number of cyclic esters (lactones) is 3. The summed E-state index contributed by atoms with van der Waals surface area (Å²) in [5, 5.41) is 33.2. The Labute approximate surface area is 561 Å². The number of hydrogen-bond acceptors (Lipinski definition) is 9. The second-order valence-electron chi connectivity index (χ2n) is 27.4. The zero-order chi connectivity index (χ0) is 69.0. The number of nitrogens with zero attached hydrogens (tertiary/aromatic N) is 3. The molecular weight excluding hydrogens is 1220 g/mol. The summed E-state index contributed by atoms with van der Waals surface area (Å²) in [5.41, 5.74) is 15.3. The quantitative estimate of drug-likeness (QED) is 0.0672. The number of carbonyl (C=O) groups is 3. The predicted octanol–water partition coefficient (Wildman–Crippen LogP) is 18.7. The van der Waals surface area contributed by atoms with E-state index in [1.54, 1.807) is 30.3 Å². The molecule has 0 spiro atoms. The Morgan fingerprint density at radius 3 is 1.21 bits per heavy atom. The van der Waals surface area contributed by atoms with Gasteiger partial charge in [0.15, 0.2) is 0 Å². The number of esters is 3. The molecule has 6 heterocycles. The molecule has 0 saturated carbocycles. The Morgan fingerprint density at radius 1 is 0.406 bits per heavy atom. The molecule has 0 amide bonds. The summed E-state index contributed by atoms with van der Waals surface area (Å²) in [6.45, 7) is 25.5. The monoisotopic (exact) mass is 1310 g/mol. The van der Waals surface area contributed by atoms with E-state index in [0.717, 1.165) is 83.2 Å². The average molecular weight is 1310 g/mol. The predicted molar refractivity (Wildman–Crippen MR) is 378 cm³/mol. The fourth-order valence-corrected chi connectivity index (χ4v) is 13.5. The molecule has 0 aliphatic carbocycles. The molecule has 3 aliphatic heterocycles. The SMILES string of the molecule is CC(C)c1cc(-c2c(/C=C/C3CC(O)CC(=O)O3)n(C(C)C)c3ccccc23)ccc1F.CC(C)c1ccc2c(-c3ccc(F)cc3)c(/C=C/C3CC(O)CC(=O)O3)n(C(C)C)c2c1.CC(C)c1ccc2c(c1)c(-c1ccc(F)cc1)c(/C=C/C1CC(O)CC(=O)O1)n2C(C)C. The van der Waals surface area contributed by atoms with Crippen molar-refractivity contribution >= 4 is 68.8 Å². The van der Waals surface area contributed by atoms with Gasteiger partial charge in [0.2, 0.25) is 0 Å². The lowest BCUT2D eigenvalue weighted by atomic mass is 9.95. The van der Waals surface area contributed by atoms with Crippen LogP contribution in [0.1, 0.15) is 191 Å². The lowest BCUT2D eigenvalue weighted by Gasteiger charge is -2.23. The van der Waals surface area contributed by atoms with Gasteiger partial charge in [0.05, 0.1) is 37.6 Å². The minimum absolute atomic E-state index is 0.0371. The molecule has 0 bridgehead atoms. The molecular formula is C81H90F3N3O9. The number of aromatic nitrogens is 3. The van der Waals surface area contributed by atoms with Crippen LogP contribution < -0.4 is 0 Å². The van der Waals surface area contributed by atoms with Gasteiger partial charge in [-0.3, -0.25) is 14.4 Å². The Kier molecular flexibility index (Phi) is 22.0. The molecule has 3 N–H and O–H groups in total. The standard InChI is InChI=1S/3C27H30FNO3/c1-16(2)19-7-11-24-23(13-19)27(18-5-8-20(28)9-6-18)25(29(24)17(3)4)12-10-22-14-21(30)15-26(31)32-22;1-16(2)19-7-11-23-25(13-19)29(17(3)4)24(27(23)18-5-8-20(28)9-6-18)12-10-22-14-21(30)15-26(31)32-22;1-16(2)22-13-18(9-11-23(22)28)27-21-7-5-6-8-24(21)29(17(3)4)25(27)12-10-20-14-19(30)15-26(31)32-20/h2*5-13,16-17,21-22,30H,14-15H2,1-4H3;5-13,16-17,19-20,30H,14-15H2,1-4H3/b3*12-10+. The molecule has 3 saturated heterocycles. The van der Waals surface area contributed by atoms with E-state index in [4.69, 9.17) is 14.2 Å². The van der Waals surface area contributed by atoms with E-state index in [0.29, 0.717) is 36.7 Å². The molecule has 15 heteroatoms. The van der Waals surface area contributed by atoms with Gasteiger partial charge in [0, 0.05) is 104 Å². The van der Waals surface area contributed by atoms with Crippen LogP contribution in [0.5, 0.6) is 0 Å². The molecule has 6 unspecified atom stereocenters. The summed E-state index contributed by atoms with van der Waals surface area (Å²) in [6, 6.07) is 40.2. The van der Waals surface area contributed by atoms with Crippen LogP contribution >= 0.6 is 0 Å². The number of ether oxygens (including phenoxy) is 3. The van der Waals surface area contributed by atoms with E-state index < -0.39 is 36.6 Å². The second kappa shape index (κ2) is 30.1. The van der Waals surface area contributed by atoms with Gasteiger partial charge in [-0.2, -0.15) is 0 Å². The maximum absolute atomic E-state index is 14.5. The third-order valence-corrected chi connectivity index (χ3v) is 18.1. The van der Waals surface area contributed by atoms with Crippen LogP contribution in [0.2, 0.25) is 0 Å². The van der Waals surface area contributed by atoms with Gasteiger partial charge < -0.3 is 43.2 Å². The van der Waals surface area contributed by atoms with Crippen LogP contribution in [0, 0.1) is 17.5 Å². The summed E-state index contributed by atoms with van der Waals surface area (Å²) < 4.78 is 64.9. The highest BCUT2D eigenvalue weighted by atomic mass is 19.1. The van der Waals surface area contributed by atoms with E-state index in [1.807, 2.05) is 74.6 Å². The zero-order valence-corrected chi connectivity index (χ0v) is 57.0. The fraction of sp³-hybridized carbons (Fsp3) is 0.370. The molecule has 6 atom stereocenters. The van der Waals surface area contributed by atoms with E-state index >= 15 is 0 Å². The first-order valence-corrected chi connectivity index (χ1v) is 33.7. The first-order valence-electron chi connectivity index (χ1n) is 33.7. The average Bonchev–Trinajstić information content (AvgIpc) is 1.61. The molecule has 96 heavy (non-hydrogen) atoms. The molecule has 9 aromatic rings. The Balaban J connectivity index is 0.000000157. The molecule has 6 aromatic carbocycles. The minimum atomic E-state index is -0.688. The van der Waals surface area contributed by atoms with Gasteiger partial charge in [-0.1, -0.05) is 108 Å². The van der Waals surface area contributed by atoms with Gasteiger partial charge in [0.1, 0.15) is 35.8 Å². The number of hydrogen-bond donors (Lipinski definition) is 3. The molecule has 3 aromatic heterocycles. The highest BCUT2D eigenvalue weighted by molar-refractivity contribution is 6.04. The summed E-state index contributed by atoms with van der Waals surface area (Å²) in [5.74, 6) is -1.06. The van der Waals surface area contributed by atoms with Crippen molar-refractivity contribution in [3.05, 3.63) is 197 Å². The van der Waals surface area contributed by atoms with Gasteiger partial charge in [-0.25, -0.2) is 13.2 Å². The number of aliphatic hydroxyl groups excluding tert-OH is 3. The van der Waals surface area contributed by atoms with Crippen molar-refractivity contribution in [1.82, 2.24) is 13.7 Å². The van der Waals surface area contributed by atoms with Crippen molar-refractivity contribution in [3.63, 3.8) is 0 Å². The highest BCUT2D eigenvalue weighted by Gasteiger charge is 2.30. The molecule has 3 fully saturated rings. The summed E-state index contributed by atoms with van der Waals surface area (Å²) >= 11 is 0. The number of carbonyl (C=O) groups excluding carboxylic acids is 3. The molecule has 504 valence electrons. The van der Waals surface area contributed by atoms with Crippen molar-refractivity contribution in [3.8, 4) is 33.4 Å². The Hall–Kier alpha value is -8.76. The highest BCUT2D eigenvalue weighted by Crippen LogP contribution is 2.43. The van der Waals surface area contributed by atoms with Gasteiger partial charge in [-0.05, 0) is 190 Å². The lowest BCUT2D eigenvalue weighted by molar-refractivity contribution is -0.157. The first-order chi connectivity index (χ1) is 45.7. The van der Waals surface area contributed by atoms with Crippen LogP contribution in [0.25, 0.3) is 84.3 Å². The lowest BCUT2D eigenvalue weighted by Crippen LogP contribution is -2.31. The number of fused-ring (bicyclic) bond motifs is 3. The summed E-state index contributed by atoms with van der Waals surface area (Å²) in [6.07, 6.45) is 9.25. The maximum Gasteiger partial charge on any atom is 0.309 e. The third kappa shape index (κ3) is 15.7. The van der Waals surface area contributed by atoms with Gasteiger partial charge in [-0.15, -0.1) is 0 Å². The van der Waals surface area contributed by atoms with Crippen LogP contribution in [0.3, 0.4) is 0 Å².